The van der Waals surface area contributed by atoms with Crippen molar-refractivity contribution >= 4 is 0 Å². The summed E-state index contributed by atoms with van der Waals surface area (Å²) in [4.78, 5) is 4.84. The number of alkyl halides is 3. The second-order valence-electron chi connectivity index (χ2n) is 7.38. The molecule has 28 heavy (non-hydrogen) atoms. The summed E-state index contributed by atoms with van der Waals surface area (Å²) in [5, 5.41) is 0. The van der Waals surface area contributed by atoms with Crippen LogP contribution in [0.3, 0.4) is 0 Å². The highest BCUT2D eigenvalue weighted by molar-refractivity contribution is 5.30. The van der Waals surface area contributed by atoms with E-state index in [0.29, 0.717) is 11.3 Å². The lowest BCUT2D eigenvalue weighted by Gasteiger charge is -2.32. The molecule has 1 fully saturated rings. The third-order valence-electron chi connectivity index (χ3n) is 5.09. The molecule has 3 rings (SSSR count). The Bertz CT molecular complexity index is 755. The summed E-state index contributed by atoms with van der Waals surface area (Å²) in [6.07, 6.45) is -2.28. The minimum absolute atomic E-state index is 0.120. The largest absolute Gasteiger partial charge is 0.489 e. The first kappa shape index (κ1) is 20.7. The Hall–Kier alpha value is -2.05. The number of ether oxygens (including phenoxy) is 1. The van der Waals surface area contributed by atoms with Crippen molar-refractivity contribution in [3.05, 3.63) is 65.2 Å². The quantitative estimate of drug-likeness (QED) is 0.692. The standard InChI is InChI=1S/C22H27F3N2O/c1-26-11-13-27(14-12-26)10-4-7-18-5-3-9-21(16-18)28-17-19-6-2-8-20(15-19)22(23,24)25/h2-3,5-6,8-9,15-16H,4,7,10-14,17H2,1H3. The van der Waals surface area contributed by atoms with Crippen LogP contribution in [-0.4, -0.2) is 49.6 Å². The Balaban J connectivity index is 1.48. The van der Waals surface area contributed by atoms with Crippen LogP contribution in [0.5, 0.6) is 5.75 Å². The highest BCUT2D eigenvalue weighted by atomic mass is 19.4. The van der Waals surface area contributed by atoms with E-state index >= 15 is 0 Å². The fourth-order valence-corrected chi connectivity index (χ4v) is 3.37. The molecule has 1 aliphatic rings. The molecule has 1 saturated heterocycles. The van der Waals surface area contributed by atoms with E-state index in [0.717, 1.165) is 57.7 Å². The topological polar surface area (TPSA) is 15.7 Å². The Morgan fingerprint density at radius 1 is 0.929 bits per heavy atom. The summed E-state index contributed by atoms with van der Waals surface area (Å²) in [6, 6.07) is 13.1. The lowest BCUT2D eigenvalue weighted by molar-refractivity contribution is -0.137. The molecule has 1 aliphatic heterocycles. The molecule has 1 heterocycles. The van der Waals surface area contributed by atoms with Crippen LogP contribution in [0.1, 0.15) is 23.1 Å². The molecule has 152 valence electrons. The van der Waals surface area contributed by atoms with Crippen molar-refractivity contribution in [3.8, 4) is 5.75 Å². The molecule has 0 aliphatic carbocycles. The SMILES string of the molecule is CN1CCN(CCCc2cccc(OCc3cccc(C(F)(F)F)c3)c2)CC1. The molecule has 0 spiro atoms. The molecule has 0 bridgehead atoms. The first-order valence-corrected chi connectivity index (χ1v) is 9.69. The van der Waals surface area contributed by atoms with E-state index in [1.807, 2.05) is 18.2 Å². The van der Waals surface area contributed by atoms with Gasteiger partial charge in [-0.15, -0.1) is 0 Å². The maximum Gasteiger partial charge on any atom is 0.416 e. The number of likely N-dealkylation sites (N-methyl/N-ethyl adjacent to an activating group) is 1. The third-order valence-corrected chi connectivity index (χ3v) is 5.09. The van der Waals surface area contributed by atoms with Gasteiger partial charge in [-0.3, -0.25) is 0 Å². The first-order chi connectivity index (χ1) is 13.4. The summed E-state index contributed by atoms with van der Waals surface area (Å²) >= 11 is 0. The average Bonchev–Trinajstić information content (AvgIpc) is 2.68. The van der Waals surface area contributed by atoms with Gasteiger partial charge in [0.2, 0.25) is 0 Å². The van der Waals surface area contributed by atoms with Crippen molar-refractivity contribution < 1.29 is 17.9 Å². The van der Waals surface area contributed by atoms with Crippen LogP contribution in [0.25, 0.3) is 0 Å². The highest BCUT2D eigenvalue weighted by Crippen LogP contribution is 2.29. The number of aryl methyl sites for hydroxylation is 1. The zero-order chi connectivity index (χ0) is 20.0. The van der Waals surface area contributed by atoms with Crippen LogP contribution >= 0.6 is 0 Å². The van der Waals surface area contributed by atoms with Gasteiger partial charge in [-0.25, -0.2) is 0 Å². The summed E-state index contributed by atoms with van der Waals surface area (Å²) in [6.45, 7) is 5.70. The molecule has 6 heteroatoms. The van der Waals surface area contributed by atoms with E-state index in [2.05, 4.69) is 22.9 Å². The van der Waals surface area contributed by atoms with Crippen molar-refractivity contribution in [1.82, 2.24) is 9.80 Å². The van der Waals surface area contributed by atoms with E-state index in [1.54, 1.807) is 6.07 Å². The molecule has 0 atom stereocenters. The Morgan fingerprint density at radius 2 is 1.64 bits per heavy atom. The summed E-state index contributed by atoms with van der Waals surface area (Å²) in [5.41, 5.74) is 1.05. The minimum Gasteiger partial charge on any atom is -0.489 e. The number of halogens is 3. The van der Waals surface area contributed by atoms with Crippen LogP contribution in [-0.2, 0) is 19.2 Å². The number of rotatable bonds is 7. The zero-order valence-electron chi connectivity index (χ0n) is 16.2. The zero-order valence-corrected chi connectivity index (χ0v) is 16.2. The van der Waals surface area contributed by atoms with Crippen molar-refractivity contribution in [2.45, 2.75) is 25.6 Å². The molecular weight excluding hydrogens is 365 g/mol. The predicted molar refractivity (Wildman–Crippen MR) is 104 cm³/mol. The second kappa shape index (κ2) is 9.43. The molecule has 0 saturated carbocycles. The molecule has 0 amide bonds. The van der Waals surface area contributed by atoms with E-state index in [1.165, 1.54) is 11.6 Å². The van der Waals surface area contributed by atoms with E-state index < -0.39 is 11.7 Å². The fraction of sp³-hybridized carbons (Fsp3) is 0.455. The number of nitrogens with zero attached hydrogens (tertiary/aromatic N) is 2. The lowest BCUT2D eigenvalue weighted by atomic mass is 10.1. The molecule has 3 nitrogen and oxygen atoms in total. The van der Waals surface area contributed by atoms with Gasteiger partial charge in [0.25, 0.3) is 0 Å². The predicted octanol–water partition coefficient (Wildman–Crippen LogP) is 4.46. The van der Waals surface area contributed by atoms with Gasteiger partial charge < -0.3 is 14.5 Å². The van der Waals surface area contributed by atoms with Crippen LogP contribution in [0.4, 0.5) is 13.2 Å². The monoisotopic (exact) mass is 392 g/mol. The molecule has 0 N–H and O–H groups in total. The Morgan fingerprint density at radius 3 is 2.39 bits per heavy atom. The van der Waals surface area contributed by atoms with E-state index in [4.69, 9.17) is 4.74 Å². The average molecular weight is 392 g/mol. The normalized spacial score (nSPS) is 16.3. The maximum absolute atomic E-state index is 12.8. The van der Waals surface area contributed by atoms with Gasteiger partial charge in [0.05, 0.1) is 5.56 Å². The van der Waals surface area contributed by atoms with Crippen molar-refractivity contribution in [2.75, 3.05) is 39.8 Å². The lowest BCUT2D eigenvalue weighted by Crippen LogP contribution is -2.44. The van der Waals surface area contributed by atoms with Gasteiger partial charge in [0.1, 0.15) is 12.4 Å². The molecule has 0 aromatic heterocycles. The van der Waals surface area contributed by atoms with Gasteiger partial charge in [0.15, 0.2) is 0 Å². The third kappa shape index (κ3) is 6.24. The first-order valence-electron chi connectivity index (χ1n) is 9.69. The Labute approximate surface area is 164 Å². The second-order valence-corrected chi connectivity index (χ2v) is 7.38. The van der Waals surface area contributed by atoms with Gasteiger partial charge in [-0.05, 0) is 61.8 Å². The summed E-state index contributed by atoms with van der Waals surface area (Å²) in [7, 11) is 2.15. The van der Waals surface area contributed by atoms with Gasteiger partial charge in [0, 0.05) is 26.2 Å². The number of hydrogen-bond acceptors (Lipinski definition) is 3. The smallest absolute Gasteiger partial charge is 0.416 e. The summed E-state index contributed by atoms with van der Waals surface area (Å²) in [5.74, 6) is 0.689. The fourth-order valence-electron chi connectivity index (χ4n) is 3.37. The molecule has 0 unspecified atom stereocenters. The van der Waals surface area contributed by atoms with Crippen molar-refractivity contribution in [3.63, 3.8) is 0 Å². The minimum atomic E-state index is -4.33. The highest BCUT2D eigenvalue weighted by Gasteiger charge is 2.30. The van der Waals surface area contributed by atoms with Gasteiger partial charge >= 0.3 is 6.18 Å². The number of hydrogen-bond donors (Lipinski definition) is 0. The van der Waals surface area contributed by atoms with E-state index in [9.17, 15) is 13.2 Å². The molecule has 2 aromatic rings. The molecular formula is C22H27F3N2O. The number of benzene rings is 2. The van der Waals surface area contributed by atoms with Gasteiger partial charge in [-0.2, -0.15) is 13.2 Å². The van der Waals surface area contributed by atoms with E-state index in [-0.39, 0.29) is 6.61 Å². The Kier molecular flexibility index (Phi) is 6.97. The van der Waals surface area contributed by atoms with Crippen molar-refractivity contribution in [1.29, 1.82) is 0 Å². The van der Waals surface area contributed by atoms with Crippen LogP contribution < -0.4 is 4.74 Å². The van der Waals surface area contributed by atoms with Crippen molar-refractivity contribution in [2.24, 2.45) is 0 Å². The van der Waals surface area contributed by atoms with Crippen LogP contribution in [0, 0.1) is 0 Å². The molecule has 0 radical (unpaired) electrons. The van der Waals surface area contributed by atoms with Crippen LogP contribution in [0.15, 0.2) is 48.5 Å². The summed E-state index contributed by atoms with van der Waals surface area (Å²) < 4.78 is 44.2. The van der Waals surface area contributed by atoms with Gasteiger partial charge in [-0.1, -0.05) is 24.3 Å². The maximum atomic E-state index is 12.8. The number of piperazine rings is 1. The molecule has 2 aromatic carbocycles. The van der Waals surface area contributed by atoms with Crippen LogP contribution in [0.2, 0.25) is 0 Å².